The van der Waals surface area contributed by atoms with Crippen molar-refractivity contribution < 1.29 is 4.79 Å². The van der Waals surface area contributed by atoms with Gasteiger partial charge in [0.15, 0.2) is 0 Å². The van der Waals surface area contributed by atoms with Crippen LogP contribution in [-0.4, -0.2) is 34.2 Å². The molecule has 0 spiro atoms. The number of carbonyl (C=O) groups excluding carboxylic acids is 1. The highest BCUT2D eigenvalue weighted by Crippen LogP contribution is 2.40. The molecule has 0 aliphatic heterocycles. The Morgan fingerprint density at radius 3 is 2.57 bits per heavy atom. The molecule has 0 bridgehead atoms. The van der Waals surface area contributed by atoms with E-state index in [1.807, 2.05) is 65.2 Å². The molecule has 3 aromatic rings. The molecule has 1 N–H and O–H groups in total. The number of nitrogens with one attached hydrogen (secondary N) is 1. The predicted molar refractivity (Wildman–Crippen MR) is 112 cm³/mol. The molecular weight excluding hydrogens is 348 g/mol. The molecule has 1 aliphatic rings. The lowest BCUT2D eigenvalue weighted by molar-refractivity contribution is -0.117. The van der Waals surface area contributed by atoms with Crippen LogP contribution in [0.25, 0.3) is 5.69 Å². The van der Waals surface area contributed by atoms with Crippen LogP contribution < -0.4 is 5.32 Å². The van der Waals surface area contributed by atoms with Crippen molar-refractivity contribution in [1.29, 1.82) is 0 Å². The minimum atomic E-state index is -0.0319. The third kappa shape index (κ3) is 4.31. The standard InChI is InChI=1S/C23H26N4O/c1-17-8-6-7-9-19(17)15-26(2)16-23(28)24-22-14-21(18-12-13-18)25-27(22)20-10-4-3-5-11-20/h3-11,14,18H,12-13,15-16H2,1-2H3,(H,24,28). The van der Waals surface area contributed by atoms with Gasteiger partial charge in [0.05, 0.1) is 17.9 Å². The number of hydrogen-bond acceptors (Lipinski definition) is 3. The summed E-state index contributed by atoms with van der Waals surface area (Å²) in [5.41, 5.74) is 4.50. The van der Waals surface area contributed by atoms with E-state index in [9.17, 15) is 4.79 Å². The number of aryl methyl sites for hydroxylation is 1. The molecule has 1 aliphatic carbocycles. The van der Waals surface area contributed by atoms with E-state index in [4.69, 9.17) is 5.10 Å². The van der Waals surface area contributed by atoms with Crippen LogP contribution in [0.4, 0.5) is 5.82 Å². The van der Waals surface area contributed by atoms with Crippen molar-refractivity contribution in [2.75, 3.05) is 18.9 Å². The Labute approximate surface area is 166 Å². The van der Waals surface area contributed by atoms with Crippen molar-refractivity contribution in [1.82, 2.24) is 14.7 Å². The summed E-state index contributed by atoms with van der Waals surface area (Å²) in [4.78, 5) is 14.7. The van der Waals surface area contributed by atoms with E-state index in [1.165, 1.54) is 24.0 Å². The Bertz CT molecular complexity index is 960. The van der Waals surface area contributed by atoms with Gasteiger partial charge in [-0.05, 0) is 50.1 Å². The van der Waals surface area contributed by atoms with Gasteiger partial charge in [0.1, 0.15) is 5.82 Å². The van der Waals surface area contributed by atoms with Crippen LogP contribution in [0.15, 0.2) is 60.7 Å². The number of carbonyl (C=O) groups is 1. The first-order valence-corrected chi connectivity index (χ1v) is 9.78. The molecular formula is C23H26N4O. The molecule has 144 valence electrons. The Morgan fingerprint density at radius 2 is 1.86 bits per heavy atom. The van der Waals surface area contributed by atoms with Gasteiger partial charge in [0.2, 0.25) is 5.91 Å². The van der Waals surface area contributed by atoms with Crippen LogP contribution in [-0.2, 0) is 11.3 Å². The number of hydrogen-bond donors (Lipinski definition) is 1. The summed E-state index contributed by atoms with van der Waals surface area (Å²) in [6.07, 6.45) is 2.36. The first-order chi connectivity index (χ1) is 13.6. The summed E-state index contributed by atoms with van der Waals surface area (Å²) in [7, 11) is 1.97. The van der Waals surface area contributed by atoms with Gasteiger partial charge in [-0.25, -0.2) is 4.68 Å². The molecule has 28 heavy (non-hydrogen) atoms. The van der Waals surface area contributed by atoms with Gasteiger partial charge in [-0.1, -0.05) is 42.5 Å². The summed E-state index contributed by atoms with van der Waals surface area (Å²) in [6, 6.07) is 20.2. The van der Waals surface area contributed by atoms with E-state index < -0.39 is 0 Å². The maximum absolute atomic E-state index is 12.7. The molecule has 5 heteroatoms. The molecule has 0 unspecified atom stereocenters. The van der Waals surface area contributed by atoms with Crippen molar-refractivity contribution in [3.05, 3.63) is 77.5 Å². The number of rotatable bonds is 7. The molecule has 1 aromatic heterocycles. The van der Waals surface area contributed by atoms with Crippen molar-refractivity contribution in [2.45, 2.75) is 32.2 Å². The fraction of sp³-hybridized carbons (Fsp3) is 0.304. The van der Waals surface area contributed by atoms with Gasteiger partial charge < -0.3 is 5.32 Å². The predicted octanol–water partition coefficient (Wildman–Crippen LogP) is 4.13. The number of benzene rings is 2. The lowest BCUT2D eigenvalue weighted by atomic mass is 10.1. The summed E-state index contributed by atoms with van der Waals surface area (Å²) in [5, 5.41) is 7.81. The van der Waals surface area contributed by atoms with E-state index in [0.717, 1.165) is 23.7 Å². The van der Waals surface area contributed by atoms with Crippen LogP contribution >= 0.6 is 0 Å². The Hall–Kier alpha value is -2.92. The number of likely N-dealkylation sites (N-methyl/N-ethyl adjacent to an activating group) is 1. The minimum absolute atomic E-state index is 0.0319. The summed E-state index contributed by atoms with van der Waals surface area (Å²) in [6.45, 7) is 3.17. The van der Waals surface area contributed by atoms with Crippen LogP contribution in [0.5, 0.6) is 0 Å². The normalized spacial score (nSPS) is 13.7. The van der Waals surface area contributed by atoms with E-state index in [2.05, 4.69) is 24.4 Å². The maximum Gasteiger partial charge on any atom is 0.239 e. The fourth-order valence-electron chi connectivity index (χ4n) is 3.39. The molecule has 1 fully saturated rings. The highest BCUT2D eigenvalue weighted by Gasteiger charge is 2.28. The van der Waals surface area contributed by atoms with Gasteiger partial charge in [0, 0.05) is 18.5 Å². The first-order valence-electron chi connectivity index (χ1n) is 9.78. The molecule has 0 saturated heterocycles. The van der Waals surface area contributed by atoms with Crippen molar-refractivity contribution >= 4 is 11.7 Å². The maximum atomic E-state index is 12.7. The summed E-state index contributed by atoms with van der Waals surface area (Å²) >= 11 is 0. The average Bonchev–Trinajstić information content (AvgIpc) is 3.45. The molecule has 1 amide bonds. The number of nitrogens with zero attached hydrogens (tertiary/aromatic N) is 3. The fourth-order valence-corrected chi connectivity index (χ4v) is 3.39. The molecule has 0 radical (unpaired) electrons. The van der Waals surface area contributed by atoms with Crippen molar-refractivity contribution in [2.24, 2.45) is 0 Å². The number of para-hydroxylation sites is 1. The second kappa shape index (κ2) is 7.98. The second-order valence-corrected chi connectivity index (χ2v) is 7.62. The van der Waals surface area contributed by atoms with Crippen LogP contribution in [0.3, 0.4) is 0 Å². The Balaban J connectivity index is 1.46. The zero-order chi connectivity index (χ0) is 19.5. The lowest BCUT2D eigenvalue weighted by Crippen LogP contribution is -2.30. The van der Waals surface area contributed by atoms with E-state index in [1.54, 1.807) is 0 Å². The summed E-state index contributed by atoms with van der Waals surface area (Å²) in [5.74, 6) is 1.24. The third-order valence-electron chi connectivity index (χ3n) is 5.11. The van der Waals surface area contributed by atoms with Gasteiger partial charge in [-0.15, -0.1) is 0 Å². The van der Waals surface area contributed by atoms with E-state index in [-0.39, 0.29) is 5.91 Å². The van der Waals surface area contributed by atoms with Crippen molar-refractivity contribution in [3.63, 3.8) is 0 Å². The van der Waals surface area contributed by atoms with Gasteiger partial charge >= 0.3 is 0 Å². The first kappa shape index (κ1) is 18.4. The SMILES string of the molecule is Cc1ccccc1CN(C)CC(=O)Nc1cc(C2CC2)nn1-c1ccccc1. The van der Waals surface area contributed by atoms with Gasteiger partial charge in [0.25, 0.3) is 0 Å². The number of anilines is 1. The van der Waals surface area contributed by atoms with E-state index in [0.29, 0.717) is 12.5 Å². The van der Waals surface area contributed by atoms with Crippen molar-refractivity contribution in [3.8, 4) is 5.69 Å². The number of aromatic nitrogens is 2. The second-order valence-electron chi connectivity index (χ2n) is 7.62. The molecule has 1 saturated carbocycles. The van der Waals surface area contributed by atoms with Crippen LogP contribution in [0.2, 0.25) is 0 Å². The topological polar surface area (TPSA) is 50.2 Å². The molecule has 0 atom stereocenters. The minimum Gasteiger partial charge on any atom is -0.309 e. The summed E-state index contributed by atoms with van der Waals surface area (Å²) < 4.78 is 1.84. The monoisotopic (exact) mass is 374 g/mol. The molecule has 1 heterocycles. The molecule has 4 rings (SSSR count). The highest BCUT2D eigenvalue weighted by molar-refractivity contribution is 5.91. The van der Waals surface area contributed by atoms with Crippen LogP contribution in [0, 0.1) is 6.92 Å². The molecule has 2 aromatic carbocycles. The van der Waals surface area contributed by atoms with E-state index >= 15 is 0 Å². The third-order valence-corrected chi connectivity index (χ3v) is 5.11. The highest BCUT2D eigenvalue weighted by atomic mass is 16.2. The zero-order valence-corrected chi connectivity index (χ0v) is 16.4. The Kier molecular flexibility index (Phi) is 5.26. The average molecular weight is 374 g/mol. The lowest BCUT2D eigenvalue weighted by Gasteiger charge is -2.18. The smallest absolute Gasteiger partial charge is 0.239 e. The Morgan fingerprint density at radius 1 is 1.14 bits per heavy atom. The quantitative estimate of drug-likeness (QED) is 0.676. The zero-order valence-electron chi connectivity index (χ0n) is 16.4. The van der Waals surface area contributed by atoms with Gasteiger partial charge in [-0.2, -0.15) is 5.10 Å². The molecule has 5 nitrogen and oxygen atoms in total. The van der Waals surface area contributed by atoms with Crippen LogP contribution in [0.1, 0.15) is 35.6 Å². The number of amides is 1. The largest absolute Gasteiger partial charge is 0.309 e. The van der Waals surface area contributed by atoms with Gasteiger partial charge in [-0.3, -0.25) is 9.69 Å².